The molecule has 116 valence electrons. The predicted octanol–water partition coefficient (Wildman–Crippen LogP) is 1.54. The standard InChI is InChI=1S/C16H21N5O/c1-20(2)14-7-5-12(6-8-14)15(22)18-11-13-9-10-17-16(19-13)21(3)4/h5-10H,11H2,1-4H3,(H,18,22). The third kappa shape index (κ3) is 3.94. The summed E-state index contributed by atoms with van der Waals surface area (Å²) in [7, 11) is 7.69. The van der Waals surface area contributed by atoms with Crippen LogP contribution in [0.5, 0.6) is 0 Å². The molecule has 22 heavy (non-hydrogen) atoms. The van der Waals surface area contributed by atoms with Gasteiger partial charge >= 0.3 is 0 Å². The largest absolute Gasteiger partial charge is 0.378 e. The highest BCUT2D eigenvalue weighted by atomic mass is 16.1. The first-order chi connectivity index (χ1) is 10.5. The number of nitrogens with zero attached hydrogens (tertiary/aromatic N) is 4. The minimum Gasteiger partial charge on any atom is -0.378 e. The van der Waals surface area contributed by atoms with E-state index in [1.54, 1.807) is 12.3 Å². The molecule has 6 nitrogen and oxygen atoms in total. The zero-order chi connectivity index (χ0) is 16.1. The molecule has 0 saturated heterocycles. The molecule has 0 spiro atoms. The van der Waals surface area contributed by atoms with E-state index >= 15 is 0 Å². The fraction of sp³-hybridized carbons (Fsp3) is 0.312. The van der Waals surface area contributed by atoms with Crippen molar-refractivity contribution in [1.29, 1.82) is 0 Å². The summed E-state index contributed by atoms with van der Waals surface area (Å²) in [5.74, 6) is 0.511. The topological polar surface area (TPSA) is 61.4 Å². The Bertz CT molecular complexity index is 637. The number of carbonyl (C=O) groups excluding carboxylic acids is 1. The number of anilines is 2. The Morgan fingerprint density at radius 1 is 1.05 bits per heavy atom. The van der Waals surface area contributed by atoms with Gasteiger partial charge in [0.15, 0.2) is 0 Å². The van der Waals surface area contributed by atoms with Crippen LogP contribution in [0.25, 0.3) is 0 Å². The van der Waals surface area contributed by atoms with E-state index in [-0.39, 0.29) is 5.91 Å². The lowest BCUT2D eigenvalue weighted by Crippen LogP contribution is -2.24. The molecule has 1 aromatic carbocycles. The summed E-state index contributed by atoms with van der Waals surface area (Å²) in [5, 5.41) is 2.87. The minimum absolute atomic E-state index is 0.115. The number of carbonyl (C=O) groups is 1. The van der Waals surface area contributed by atoms with Gasteiger partial charge in [-0.05, 0) is 30.3 Å². The summed E-state index contributed by atoms with van der Waals surface area (Å²) < 4.78 is 0. The zero-order valence-electron chi connectivity index (χ0n) is 13.4. The average molecular weight is 299 g/mol. The molecule has 1 amide bonds. The van der Waals surface area contributed by atoms with Crippen LogP contribution < -0.4 is 15.1 Å². The molecule has 0 aliphatic rings. The molecule has 0 unspecified atom stereocenters. The molecule has 1 N–H and O–H groups in total. The quantitative estimate of drug-likeness (QED) is 0.907. The van der Waals surface area contributed by atoms with Gasteiger partial charge in [0, 0.05) is 45.6 Å². The Labute approximate surface area is 130 Å². The molecular formula is C16H21N5O. The highest BCUT2D eigenvalue weighted by Gasteiger charge is 2.07. The van der Waals surface area contributed by atoms with Gasteiger partial charge in [-0.3, -0.25) is 4.79 Å². The molecule has 0 fully saturated rings. The third-order valence-electron chi connectivity index (χ3n) is 3.18. The van der Waals surface area contributed by atoms with Gasteiger partial charge in [-0.25, -0.2) is 9.97 Å². The number of benzene rings is 1. The summed E-state index contributed by atoms with van der Waals surface area (Å²) in [5.41, 5.74) is 2.47. The Hall–Kier alpha value is -2.63. The van der Waals surface area contributed by atoms with Crippen molar-refractivity contribution in [3.05, 3.63) is 47.8 Å². The molecule has 1 aromatic heterocycles. The SMILES string of the molecule is CN(C)c1ccc(C(=O)NCc2ccnc(N(C)C)n2)cc1. The van der Waals surface area contributed by atoms with Crippen molar-refractivity contribution in [3.63, 3.8) is 0 Å². The maximum absolute atomic E-state index is 12.1. The number of amides is 1. The maximum atomic E-state index is 12.1. The molecule has 0 radical (unpaired) electrons. The minimum atomic E-state index is -0.115. The number of nitrogens with one attached hydrogen (secondary N) is 1. The van der Waals surface area contributed by atoms with Crippen LogP contribution >= 0.6 is 0 Å². The van der Waals surface area contributed by atoms with Crippen LogP contribution in [0.1, 0.15) is 16.1 Å². The highest BCUT2D eigenvalue weighted by Crippen LogP contribution is 2.12. The summed E-state index contributed by atoms with van der Waals surface area (Å²) in [6.07, 6.45) is 1.69. The van der Waals surface area contributed by atoms with Gasteiger partial charge in [0.05, 0.1) is 12.2 Å². The van der Waals surface area contributed by atoms with E-state index in [4.69, 9.17) is 0 Å². The third-order valence-corrected chi connectivity index (χ3v) is 3.18. The first kappa shape index (κ1) is 15.8. The van der Waals surface area contributed by atoms with Gasteiger partial charge in [-0.15, -0.1) is 0 Å². The lowest BCUT2D eigenvalue weighted by atomic mass is 10.2. The summed E-state index contributed by atoms with van der Waals surface area (Å²) in [6, 6.07) is 9.27. The fourth-order valence-corrected chi connectivity index (χ4v) is 1.88. The average Bonchev–Trinajstić information content (AvgIpc) is 2.53. The Kier molecular flexibility index (Phi) is 4.93. The maximum Gasteiger partial charge on any atom is 0.251 e. The molecule has 0 bridgehead atoms. The van der Waals surface area contributed by atoms with Gasteiger partial charge < -0.3 is 15.1 Å². The molecule has 2 aromatic rings. The van der Waals surface area contributed by atoms with Crippen LogP contribution in [-0.2, 0) is 6.54 Å². The number of hydrogen-bond acceptors (Lipinski definition) is 5. The van der Waals surface area contributed by atoms with Crippen molar-refractivity contribution in [2.45, 2.75) is 6.54 Å². The van der Waals surface area contributed by atoms with Crippen molar-refractivity contribution in [2.24, 2.45) is 0 Å². The molecule has 0 aliphatic heterocycles. The predicted molar refractivity (Wildman–Crippen MR) is 88.3 cm³/mol. The number of aromatic nitrogens is 2. The smallest absolute Gasteiger partial charge is 0.251 e. The first-order valence-electron chi connectivity index (χ1n) is 7.02. The van der Waals surface area contributed by atoms with Crippen LogP contribution in [0.15, 0.2) is 36.5 Å². The van der Waals surface area contributed by atoms with Gasteiger partial charge in [-0.1, -0.05) is 0 Å². The second-order valence-corrected chi connectivity index (χ2v) is 5.37. The van der Waals surface area contributed by atoms with Crippen LogP contribution in [0.2, 0.25) is 0 Å². The zero-order valence-corrected chi connectivity index (χ0v) is 13.4. The van der Waals surface area contributed by atoms with Gasteiger partial charge in [0.2, 0.25) is 5.95 Å². The monoisotopic (exact) mass is 299 g/mol. The van der Waals surface area contributed by atoms with Gasteiger partial charge in [-0.2, -0.15) is 0 Å². The van der Waals surface area contributed by atoms with Gasteiger partial charge in [0.1, 0.15) is 0 Å². The lowest BCUT2D eigenvalue weighted by molar-refractivity contribution is 0.0950. The molecule has 0 aliphatic carbocycles. The number of rotatable bonds is 5. The van der Waals surface area contributed by atoms with E-state index in [0.717, 1.165) is 11.4 Å². The summed E-state index contributed by atoms with van der Waals surface area (Å²) >= 11 is 0. The molecule has 2 rings (SSSR count). The van der Waals surface area contributed by atoms with E-state index in [1.165, 1.54) is 0 Å². The van der Waals surface area contributed by atoms with Crippen molar-refractivity contribution >= 4 is 17.5 Å². The second-order valence-electron chi connectivity index (χ2n) is 5.37. The van der Waals surface area contributed by atoms with Crippen molar-refractivity contribution in [1.82, 2.24) is 15.3 Å². The van der Waals surface area contributed by atoms with Crippen LogP contribution in [0.3, 0.4) is 0 Å². The molecular weight excluding hydrogens is 278 g/mol. The Morgan fingerprint density at radius 2 is 1.73 bits per heavy atom. The van der Waals surface area contributed by atoms with Crippen LogP contribution in [0.4, 0.5) is 11.6 Å². The molecule has 0 atom stereocenters. The van der Waals surface area contributed by atoms with E-state index in [0.29, 0.717) is 18.1 Å². The second kappa shape index (κ2) is 6.89. The van der Waals surface area contributed by atoms with Crippen molar-refractivity contribution in [2.75, 3.05) is 38.0 Å². The van der Waals surface area contributed by atoms with Crippen molar-refractivity contribution < 1.29 is 4.79 Å². The number of hydrogen-bond donors (Lipinski definition) is 1. The van der Waals surface area contributed by atoms with E-state index in [2.05, 4.69) is 15.3 Å². The summed E-state index contributed by atoms with van der Waals surface area (Å²) in [4.78, 5) is 24.5. The van der Waals surface area contributed by atoms with Gasteiger partial charge in [0.25, 0.3) is 5.91 Å². The van der Waals surface area contributed by atoms with Crippen LogP contribution in [0, 0.1) is 0 Å². The summed E-state index contributed by atoms with van der Waals surface area (Å²) in [6.45, 7) is 0.373. The van der Waals surface area contributed by atoms with Crippen molar-refractivity contribution in [3.8, 4) is 0 Å². The Morgan fingerprint density at radius 3 is 2.32 bits per heavy atom. The highest BCUT2D eigenvalue weighted by molar-refractivity contribution is 5.94. The van der Waals surface area contributed by atoms with E-state index in [1.807, 2.05) is 62.3 Å². The molecule has 6 heteroatoms. The van der Waals surface area contributed by atoms with Crippen LogP contribution in [-0.4, -0.2) is 44.1 Å². The lowest BCUT2D eigenvalue weighted by Gasteiger charge is -2.13. The molecule has 1 heterocycles. The Balaban J connectivity index is 1.99. The van der Waals surface area contributed by atoms with E-state index in [9.17, 15) is 4.79 Å². The normalized spacial score (nSPS) is 10.2. The fourth-order valence-electron chi connectivity index (χ4n) is 1.88. The first-order valence-corrected chi connectivity index (χ1v) is 7.02. The van der Waals surface area contributed by atoms with E-state index < -0.39 is 0 Å². The molecule has 0 saturated carbocycles.